The van der Waals surface area contributed by atoms with Crippen LogP contribution in [0.2, 0.25) is 0 Å². The van der Waals surface area contributed by atoms with E-state index in [2.05, 4.69) is 23.2 Å². The minimum absolute atomic E-state index is 0.0297. The quantitative estimate of drug-likeness (QED) is 0.841. The fraction of sp³-hybridized carbons (Fsp3) is 0.867. The van der Waals surface area contributed by atoms with Crippen molar-refractivity contribution in [3.8, 4) is 6.07 Å². The summed E-state index contributed by atoms with van der Waals surface area (Å²) in [5.74, 6) is 0.700. The van der Waals surface area contributed by atoms with E-state index in [9.17, 15) is 10.1 Å². The van der Waals surface area contributed by atoms with Crippen LogP contribution in [0.15, 0.2) is 0 Å². The number of carbonyl (C=O) groups excluding carboxylic acids is 1. The molecule has 0 bridgehead atoms. The minimum Gasteiger partial charge on any atom is -0.378 e. The Balaban J connectivity index is 2.13. The lowest BCUT2D eigenvalue weighted by molar-refractivity contribution is -0.136. The standard InChI is InChI=1S/C15H25N3O2/c1-3-17-15(19)14-10-20-7-6-18(14)13-8-11(2)4-5-12(13)9-16/h11-14H,3-8,10H2,1-2H3,(H,17,19). The summed E-state index contributed by atoms with van der Waals surface area (Å²) in [5.41, 5.74) is 0. The van der Waals surface area contributed by atoms with E-state index in [1.807, 2.05) is 6.92 Å². The molecule has 4 atom stereocenters. The van der Waals surface area contributed by atoms with Gasteiger partial charge in [-0.25, -0.2) is 0 Å². The van der Waals surface area contributed by atoms with Crippen molar-refractivity contribution in [2.24, 2.45) is 11.8 Å². The van der Waals surface area contributed by atoms with Crippen molar-refractivity contribution in [2.75, 3.05) is 26.3 Å². The third kappa shape index (κ3) is 3.31. The first-order chi connectivity index (χ1) is 9.67. The smallest absolute Gasteiger partial charge is 0.239 e. The number of amides is 1. The number of nitriles is 1. The van der Waals surface area contributed by atoms with Gasteiger partial charge in [-0.1, -0.05) is 6.92 Å². The van der Waals surface area contributed by atoms with Crippen molar-refractivity contribution < 1.29 is 9.53 Å². The largest absolute Gasteiger partial charge is 0.378 e. The number of likely N-dealkylation sites (N-methyl/N-ethyl adjacent to an activating group) is 1. The number of nitrogens with one attached hydrogen (secondary N) is 1. The molecule has 1 aliphatic heterocycles. The molecular weight excluding hydrogens is 254 g/mol. The Hall–Kier alpha value is -1.12. The van der Waals surface area contributed by atoms with Crippen LogP contribution in [0.1, 0.15) is 33.1 Å². The Morgan fingerprint density at radius 3 is 3.00 bits per heavy atom. The number of carbonyl (C=O) groups is 1. The molecule has 2 rings (SSSR count). The molecule has 112 valence electrons. The molecule has 0 aromatic rings. The Morgan fingerprint density at radius 1 is 1.50 bits per heavy atom. The van der Waals surface area contributed by atoms with Crippen molar-refractivity contribution in [1.82, 2.24) is 10.2 Å². The molecule has 2 aliphatic rings. The van der Waals surface area contributed by atoms with Gasteiger partial charge >= 0.3 is 0 Å². The summed E-state index contributed by atoms with van der Waals surface area (Å²) in [4.78, 5) is 14.4. The zero-order valence-corrected chi connectivity index (χ0v) is 12.5. The van der Waals surface area contributed by atoms with Gasteiger partial charge in [-0.2, -0.15) is 5.26 Å². The molecule has 1 amide bonds. The molecule has 0 aromatic carbocycles. The highest BCUT2D eigenvalue weighted by atomic mass is 16.5. The molecule has 0 aromatic heterocycles. The maximum atomic E-state index is 12.2. The SMILES string of the molecule is CCNC(=O)C1COCCN1C1CC(C)CCC1C#N. The first-order valence-electron chi connectivity index (χ1n) is 7.68. The molecule has 1 aliphatic carbocycles. The highest BCUT2D eigenvalue weighted by molar-refractivity contribution is 5.82. The third-order valence-electron chi connectivity index (χ3n) is 4.49. The van der Waals surface area contributed by atoms with Gasteiger partial charge in [0.05, 0.1) is 25.2 Å². The molecule has 1 saturated carbocycles. The molecular formula is C15H25N3O2. The first-order valence-corrected chi connectivity index (χ1v) is 7.68. The highest BCUT2D eigenvalue weighted by Crippen LogP contribution is 2.33. The van der Waals surface area contributed by atoms with E-state index in [4.69, 9.17) is 4.74 Å². The van der Waals surface area contributed by atoms with Gasteiger partial charge in [0.2, 0.25) is 5.91 Å². The average Bonchev–Trinajstić information content (AvgIpc) is 2.47. The van der Waals surface area contributed by atoms with Crippen LogP contribution in [-0.4, -0.2) is 49.2 Å². The van der Waals surface area contributed by atoms with Crippen molar-refractivity contribution >= 4 is 5.91 Å². The van der Waals surface area contributed by atoms with Gasteiger partial charge < -0.3 is 10.1 Å². The molecule has 4 unspecified atom stereocenters. The summed E-state index contributed by atoms with van der Waals surface area (Å²) in [6, 6.07) is 2.40. The first kappa shape index (κ1) is 15.3. The lowest BCUT2D eigenvalue weighted by atomic mass is 9.78. The van der Waals surface area contributed by atoms with E-state index < -0.39 is 0 Å². The summed E-state index contributed by atoms with van der Waals surface area (Å²) in [6.07, 6.45) is 3.07. The Bertz CT molecular complexity index is 380. The van der Waals surface area contributed by atoms with Crippen molar-refractivity contribution in [1.29, 1.82) is 5.26 Å². The predicted octanol–water partition coefficient (Wildman–Crippen LogP) is 1.15. The highest BCUT2D eigenvalue weighted by Gasteiger charge is 2.40. The Labute approximate surface area is 121 Å². The molecule has 0 radical (unpaired) electrons. The van der Waals surface area contributed by atoms with E-state index in [1.165, 1.54) is 0 Å². The summed E-state index contributed by atoms with van der Waals surface area (Å²) in [5, 5.41) is 12.3. The summed E-state index contributed by atoms with van der Waals surface area (Å²) in [7, 11) is 0. The number of hydrogen-bond acceptors (Lipinski definition) is 4. The fourth-order valence-electron chi connectivity index (χ4n) is 3.40. The molecule has 5 nitrogen and oxygen atoms in total. The number of rotatable bonds is 3. The Morgan fingerprint density at radius 2 is 2.30 bits per heavy atom. The second kappa shape index (κ2) is 7.05. The number of nitrogens with zero attached hydrogens (tertiary/aromatic N) is 2. The number of ether oxygens (including phenoxy) is 1. The van der Waals surface area contributed by atoms with Crippen LogP contribution in [0.25, 0.3) is 0 Å². The van der Waals surface area contributed by atoms with Gasteiger partial charge in [0.25, 0.3) is 0 Å². The van der Waals surface area contributed by atoms with E-state index >= 15 is 0 Å². The zero-order valence-electron chi connectivity index (χ0n) is 12.5. The van der Waals surface area contributed by atoms with E-state index in [-0.39, 0.29) is 23.9 Å². The van der Waals surface area contributed by atoms with E-state index in [0.29, 0.717) is 25.7 Å². The van der Waals surface area contributed by atoms with Crippen molar-refractivity contribution in [3.05, 3.63) is 0 Å². The maximum absolute atomic E-state index is 12.2. The Kier molecular flexibility index (Phi) is 5.38. The van der Waals surface area contributed by atoms with Gasteiger partial charge in [0, 0.05) is 19.1 Å². The molecule has 1 heterocycles. The van der Waals surface area contributed by atoms with Crippen LogP contribution in [0.4, 0.5) is 0 Å². The van der Waals surface area contributed by atoms with Gasteiger partial charge in [-0.3, -0.25) is 9.69 Å². The second-order valence-electron chi connectivity index (χ2n) is 5.94. The molecule has 0 spiro atoms. The van der Waals surface area contributed by atoms with Crippen LogP contribution in [-0.2, 0) is 9.53 Å². The number of hydrogen-bond donors (Lipinski definition) is 1. The predicted molar refractivity (Wildman–Crippen MR) is 75.9 cm³/mol. The maximum Gasteiger partial charge on any atom is 0.239 e. The molecule has 1 saturated heterocycles. The van der Waals surface area contributed by atoms with Crippen molar-refractivity contribution in [3.63, 3.8) is 0 Å². The van der Waals surface area contributed by atoms with Crippen LogP contribution in [0, 0.1) is 23.2 Å². The molecule has 2 fully saturated rings. The lowest BCUT2D eigenvalue weighted by Gasteiger charge is -2.44. The average molecular weight is 279 g/mol. The summed E-state index contributed by atoms with van der Waals surface area (Å²) >= 11 is 0. The third-order valence-corrected chi connectivity index (χ3v) is 4.49. The fourth-order valence-corrected chi connectivity index (χ4v) is 3.40. The number of morpholine rings is 1. The van der Waals surface area contributed by atoms with Gasteiger partial charge in [-0.15, -0.1) is 0 Å². The van der Waals surface area contributed by atoms with Crippen LogP contribution >= 0.6 is 0 Å². The van der Waals surface area contributed by atoms with Crippen LogP contribution in [0.3, 0.4) is 0 Å². The van der Waals surface area contributed by atoms with E-state index in [1.54, 1.807) is 0 Å². The zero-order chi connectivity index (χ0) is 14.5. The van der Waals surface area contributed by atoms with Gasteiger partial charge in [-0.05, 0) is 32.1 Å². The van der Waals surface area contributed by atoms with Crippen LogP contribution in [0.5, 0.6) is 0 Å². The monoisotopic (exact) mass is 279 g/mol. The summed E-state index contributed by atoms with van der Waals surface area (Å²) in [6.45, 7) is 6.63. The lowest BCUT2D eigenvalue weighted by Crippen LogP contribution is -2.59. The molecule has 5 heteroatoms. The minimum atomic E-state index is -0.241. The summed E-state index contributed by atoms with van der Waals surface area (Å²) < 4.78 is 5.48. The van der Waals surface area contributed by atoms with Crippen LogP contribution < -0.4 is 5.32 Å². The topological polar surface area (TPSA) is 65.4 Å². The van der Waals surface area contributed by atoms with Gasteiger partial charge in [0.15, 0.2) is 0 Å². The van der Waals surface area contributed by atoms with E-state index in [0.717, 1.165) is 25.8 Å². The normalized spacial score (nSPS) is 35.2. The molecule has 20 heavy (non-hydrogen) atoms. The van der Waals surface area contributed by atoms with Gasteiger partial charge in [0.1, 0.15) is 6.04 Å². The second-order valence-corrected chi connectivity index (χ2v) is 5.94. The molecule has 1 N–H and O–H groups in total. The van der Waals surface area contributed by atoms with Crippen molar-refractivity contribution in [2.45, 2.75) is 45.2 Å².